The average Bonchev–Trinajstić information content (AvgIpc) is 2.75. The molecule has 0 aromatic carbocycles. The third-order valence-corrected chi connectivity index (χ3v) is 5.00. The Morgan fingerprint density at radius 3 is 2.41 bits per heavy atom. The van der Waals surface area contributed by atoms with E-state index in [4.69, 9.17) is 0 Å². The summed E-state index contributed by atoms with van der Waals surface area (Å²) in [5, 5.41) is 3.21. The Labute approximate surface area is 105 Å². The van der Waals surface area contributed by atoms with Gasteiger partial charge in [0.05, 0.1) is 5.75 Å². The zero-order valence-electron chi connectivity index (χ0n) is 10.7. The zero-order chi connectivity index (χ0) is 12.3. The maximum Gasteiger partial charge on any atom is 0.148 e. The molecule has 0 spiro atoms. The van der Waals surface area contributed by atoms with Crippen molar-refractivity contribution in [3.63, 3.8) is 0 Å². The van der Waals surface area contributed by atoms with Crippen LogP contribution in [0.5, 0.6) is 0 Å². The fourth-order valence-electron chi connectivity index (χ4n) is 3.13. The second-order valence-corrected chi connectivity index (χ2v) is 7.85. The minimum atomic E-state index is -2.81. The predicted molar refractivity (Wildman–Crippen MR) is 69.9 cm³/mol. The first-order valence-electron chi connectivity index (χ1n) is 6.65. The van der Waals surface area contributed by atoms with E-state index in [1.165, 1.54) is 38.6 Å². The summed E-state index contributed by atoms with van der Waals surface area (Å²) < 4.78 is 21.9. The number of sulfone groups is 1. The maximum absolute atomic E-state index is 10.9. The molecule has 1 saturated carbocycles. The number of hydrogen-bond donors (Lipinski definition) is 1. The largest absolute Gasteiger partial charge is 0.314 e. The molecule has 17 heavy (non-hydrogen) atoms. The highest BCUT2D eigenvalue weighted by molar-refractivity contribution is 7.90. The average molecular weight is 260 g/mol. The van der Waals surface area contributed by atoms with Gasteiger partial charge < -0.3 is 10.2 Å². The van der Waals surface area contributed by atoms with Gasteiger partial charge in [0.25, 0.3) is 0 Å². The van der Waals surface area contributed by atoms with Gasteiger partial charge in [-0.25, -0.2) is 8.42 Å². The standard InChI is InChI=1S/C12H24N2O2S/c1-17(15,16)8-6-13-5-7-14-9-11-3-2-4-12(11)10-14/h11-13H,2-10H2,1H3. The third-order valence-electron chi connectivity index (χ3n) is 4.06. The number of fused-ring (bicyclic) bond motifs is 1. The van der Waals surface area contributed by atoms with Crippen molar-refractivity contribution in [2.24, 2.45) is 11.8 Å². The van der Waals surface area contributed by atoms with Crippen LogP contribution in [0.4, 0.5) is 0 Å². The van der Waals surface area contributed by atoms with Crippen molar-refractivity contribution < 1.29 is 8.42 Å². The molecule has 0 bridgehead atoms. The number of nitrogens with zero attached hydrogens (tertiary/aromatic N) is 1. The van der Waals surface area contributed by atoms with Crippen LogP contribution >= 0.6 is 0 Å². The number of nitrogens with one attached hydrogen (secondary N) is 1. The highest BCUT2D eigenvalue weighted by Gasteiger charge is 2.35. The van der Waals surface area contributed by atoms with E-state index in [1.807, 2.05) is 0 Å². The van der Waals surface area contributed by atoms with E-state index >= 15 is 0 Å². The Bertz CT molecular complexity index is 330. The molecule has 0 radical (unpaired) electrons. The summed E-state index contributed by atoms with van der Waals surface area (Å²) in [6.45, 7) is 5.09. The molecule has 2 unspecified atom stereocenters. The summed E-state index contributed by atoms with van der Waals surface area (Å²) in [7, 11) is -2.81. The van der Waals surface area contributed by atoms with E-state index in [9.17, 15) is 8.42 Å². The molecular formula is C12H24N2O2S. The third kappa shape index (κ3) is 4.23. The van der Waals surface area contributed by atoms with Gasteiger partial charge in [0.15, 0.2) is 0 Å². The van der Waals surface area contributed by atoms with Gasteiger partial charge in [-0.2, -0.15) is 0 Å². The normalized spacial score (nSPS) is 29.7. The maximum atomic E-state index is 10.9. The van der Waals surface area contributed by atoms with Crippen molar-refractivity contribution in [3.05, 3.63) is 0 Å². The fourth-order valence-corrected chi connectivity index (χ4v) is 3.65. The smallest absolute Gasteiger partial charge is 0.148 e. The van der Waals surface area contributed by atoms with Crippen LogP contribution < -0.4 is 5.32 Å². The lowest BCUT2D eigenvalue weighted by Gasteiger charge is -2.16. The summed E-state index contributed by atoms with van der Waals surface area (Å²) in [4.78, 5) is 2.53. The Morgan fingerprint density at radius 2 is 1.82 bits per heavy atom. The summed E-state index contributed by atoms with van der Waals surface area (Å²) >= 11 is 0. The predicted octanol–water partition coefficient (Wildman–Crippen LogP) is 0.353. The van der Waals surface area contributed by atoms with Crippen LogP contribution in [-0.4, -0.2) is 58.1 Å². The van der Waals surface area contributed by atoms with Gasteiger partial charge in [-0.05, 0) is 24.7 Å². The van der Waals surface area contributed by atoms with Gasteiger partial charge in [-0.3, -0.25) is 0 Å². The van der Waals surface area contributed by atoms with Gasteiger partial charge in [0.1, 0.15) is 9.84 Å². The zero-order valence-corrected chi connectivity index (χ0v) is 11.5. The van der Waals surface area contributed by atoms with E-state index in [0.29, 0.717) is 6.54 Å². The molecule has 0 aromatic heterocycles. The minimum Gasteiger partial charge on any atom is -0.314 e. The highest BCUT2D eigenvalue weighted by Crippen LogP contribution is 2.37. The lowest BCUT2D eigenvalue weighted by Crippen LogP contribution is -2.33. The van der Waals surface area contributed by atoms with Crippen LogP contribution in [-0.2, 0) is 9.84 Å². The Morgan fingerprint density at radius 1 is 1.18 bits per heavy atom. The van der Waals surface area contributed by atoms with Crippen LogP contribution in [0, 0.1) is 11.8 Å². The number of hydrogen-bond acceptors (Lipinski definition) is 4. The highest BCUT2D eigenvalue weighted by atomic mass is 32.2. The van der Waals surface area contributed by atoms with Crippen molar-refractivity contribution in [2.45, 2.75) is 19.3 Å². The second kappa shape index (κ2) is 5.67. The van der Waals surface area contributed by atoms with Crippen LogP contribution in [0.2, 0.25) is 0 Å². The lowest BCUT2D eigenvalue weighted by atomic mass is 10.0. The van der Waals surface area contributed by atoms with Crippen LogP contribution in [0.1, 0.15) is 19.3 Å². The molecule has 0 amide bonds. The van der Waals surface area contributed by atoms with E-state index in [1.54, 1.807) is 0 Å². The summed E-state index contributed by atoms with van der Waals surface area (Å²) in [5.41, 5.74) is 0. The number of rotatable bonds is 6. The topological polar surface area (TPSA) is 49.4 Å². The summed E-state index contributed by atoms with van der Waals surface area (Å²) in [6, 6.07) is 0. The van der Waals surface area contributed by atoms with Crippen LogP contribution in [0.25, 0.3) is 0 Å². The van der Waals surface area contributed by atoms with E-state index in [2.05, 4.69) is 10.2 Å². The van der Waals surface area contributed by atoms with Crippen LogP contribution in [0.3, 0.4) is 0 Å². The molecule has 2 rings (SSSR count). The van der Waals surface area contributed by atoms with Crippen molar-refractivity contribution in [1.29, 1.82) is 0 Å². The van der Waals surface area contributed by atoms with Gasteiger partial charge in [0, 0.05) is 39.0 Å². The van der Waals surface area contributed by atoms with Crippen molar-refractivity contribution in [3.8, 4) is 0 Å². The molecule has 4 nitrogen and oxygen atoms in total. The molecule has 0 aromatic rings. The lowest BCUT2D eigenvalue weighted by molar-refractivity contribution is 0.310. The molecular weight excluding hydrogens is 236 g/mol. The van der Waals surface area contributed by atoms with Gasteiger partial charge in [-0.15, -0.1) is 0 Å². The van der Waals surface area contributed by atoms with Crippen molar-refractivity contribution in [1.82, 2.24) is 10.2 Å². The van der Waals surface area contributed by atoms with E-state index in [-0.39, 0.29) is 5.75 Å². The van der Waals surface area contributed by atoms with Crippen molar-refractivity contribution in [2.75, 3.05) is 44.7 Å². The molecule has 2 fully saturated rings. The summed E-state index contributed by atoms with van der Waals surface area (Å²) in [6.07, 6.45) is 5.55. The summed E-state index contributed by atoms with van der Waals surface area (Å²) in [5.74, 6) is 2.15. The molecule has 1 N–H and O–H groups in total. The second-order valence-electron chi connectivity index (χ2n) is 5.59. The molecule has 5 heteroatoms. The number of likely N-dealkylation sites (tertiary alicyclic amines) is 1. The molecule has 1 aliphatic carbocycles. The SMILES string of the molecule is CS(=O)(=O)CCNCCN1CC2CCCC2C1. The van der Waals surface area contributed by atoms with E-state index in [0.717, 1.165) is 24.9 Å². The van der Waals surface area contributed by atoms with E-state index < -0.39 is 9.84 Å². The van der Waals surface area contributed by atoms with Gasteiger partial charge >= 0.3 is 0 Å². The quantitative estimate of drug-likeness (QED) is 0.700. The molecule has 1 saturated heterocycles. The first kappa shape index (κ1) is 13.3. The fraction of sp³-hybridized carbons (Fsp3) is 1.00. The first-order valence-corrected chi connectivity index (χ1v) is 8.71. The van der Waals surface area contributed by atoms with Crippen molar-refractivity contribution >= 4 is 9.84 Å². The van der Waals surface area contributed by atoms with Crippen LogP contribution in [0.15, 0.2) is 0 Å². The minimum absolute atomic E-state index is 0.248. The molecule has 2 aliphatic rings. The van der Waals surface area contributed by atoms with Gasteiger partial charge in [0.2, 0.25) is 0 Å². The monoisotopic (exact) mass is 260 g/mol. The first-order chi connectivity index (χ1) is 8.04. The Hall–Kier alpha value is -0.130. The Balaban J connectivity index is 1.55. The van der Waals surface area contributed by atoms with Gasteiger partial charge in [-0.1, -0.05) is 6.42 Å². The molecule has 100 valence electrons. The molecule has 1 aliphatic heterocycles. The Kier molecular flexibility index (Phi) is 4.44. The molecule has 1 heterocycles. The molecule has 2 atom stereocenters.